The van der Waals surface area contributed by atoms with E-state index in [1.54, 1.807) is 0 Å². The van der Waals surface area contributed by atoms with Gasteiger partial charge in [0.2, 0.25) is 0 Å². The summed E-state index contributed by atoms with van der Waals surface area (Å²) in [4.78, 5) is 2.25. The van der Waals surface area contributed by atoms with E-state index in [0.29, 0.717) is 6.61 Å². The maximum absolute atomic E-state index is 8.55. The lowest BCUT2D eigenvalue weighted by Crippen LogP contribution is -2.20. The molecule has 3 heteroatoms. The Bertz CT molecular complexity index is 157. The molecule has 0 atom stereocenters. The first-order valence-corrected chi connectivity index (χ1v) is 4.12. The van der Waals surface area contributed by atoms with Crippen LogP contribution in [-0.2, 0) is 0 Å². The standard InChI is InChI=1S/C9H15NO.ClH/c11-9-5-4-8-10-6-2-1-3-7-10;/h1-3,6,11H,4-5,7-9H2;1H. The molecule has 1 aliphatic heterocycles. The molecule has 1 N–H and O–H groups in total. The first kappa shape index (κ1) is 11.5. The maximum atomic E-state index is 8.55. The smallest absolute Gasteiger partial charge is 0.0431 e. The molecule has 1 heterocycles. The highest BCUT2D eigenvalue weighted by Crippen LogP contribution is 2.00. The molecule has 0 aromatic rings. The molecule has 0 aliphatic carbocycles. The van der Waals surface area contributed by atoms with Gasteiger partial charge in [-0.1, -0.05) is 12.2 Å². The van der Waals surface area contributed by atoms with E-state index in [9.17, 15) is 0 Å². The number of hydrogen-bond acceptors (Lipinski definition) is 2. The summed E-state index contributed by atoms with van der Waals surface area (Å²) in [5.41, 5.74) is 0. The minimum atomic E-state index is 0. The second-order valence-corrected chi connectivity index (χ2v) is 2.70. The second kappa shape index (κ2) is 7.19. The molecular formula is C9H16ClNO. The van der Waals surface area contributed by atoms with Crippen LogP contribution in [0.25, 0.3) is 0 Å². The molecule has 0 saturated carbocycles. The second-order valence-electron chi connectivity index (χ2n) is 2.70. The SMILES string of the molecule is Cl.OCCCCN1C=CC=CC1. The van der Waals surface area contributed by atoms with E-state index in [-0.39, 0.29) is 12.4 Å². The summed E-state index contributed by atoms with van der Waals surface area (Å²) < 4.78 is 0. The van der Waals surface area contributed by atoms with Crippen molar-refractivity contribution in [1.82, 2.24) is 4.90 Å². The molecule has 0 saturated heterocycles. The van der Waals surface area contributed by atoms with Crippen LogP contribution in [0.4, 0.5) is 0 Å². The molecule has 0 bridgehead atoms. The summed E-state index contributed by atoms with van der Waals surface area (Å²) in [5, 5.41) is 8.55. The van der Waals surface area contributed by atoms with Crippen LogP contribution in [0, 0.1) is 0 Å². The fourth-order valence-electron chi connectivity index (χ4n) is 1.10. The predicted octanol–water partition coefficient (Wildman–Crippen LogP) is 1.57. The summed E-state index contributed by atoms with van der Waals surface area (Å²) in [5.74, 6) is 0. The van der Waals surface area contributed by atoms with Crippen molar-refractivity contribution in [1.29, 1.82) is 0 Å². The Kier molecular flexibility index (Phi) is 6.91. The van der Waals surface area contributed by atoms with Crippen LogP contribution in [0.5, 0.6) is 0 Å². The highest BCUT2D eigenvalue weighted by Gasteiger charge is 1.97. The zero-order chi connectivity index (χ0) is 7.94. The van der Waals surface area contributed by atoms with Gasteiger partial charge in [-0.2, -0.15) is 0 Å². The van der Waals surface area contributed by atoms with Crippen molar-refractivity contribution in [3.8, 4) is 0 Å². The van der Waals surface area contributed by atoms with Crippen LogP contribution >= 0.6 is 12.4 Å². The minimum absolute atomic E-state index is 0. The quantitative estimate of drug-likeness (QED) is 0.679. The Hall–Kier alpha value is -0.470. The van der Waals surface area contributed by atoms with Gasteiger partial charge in [0.1, 0.15) is 0 Å². The van der Waals surface area contributed by atoms with Gasteiger partial charge < -0.3 is 10.0 Å². The van der Waals surface area contributed by atoms with E-state index in [1.807, 2.05) is 6.08 Å². The molecule has 2 nitrogen and oxygen atoms in total. The molecule has 0 amide bonds. The summed E-state index contributed by atoms with van der Waals surface area (Å²) in [6.07, 6.45) is 10.3. The molecule has 12 heavy (non-hydrogen) atoms. The Morgan fingerprint density at radius 2 is 2.08 bits per heavy atom. The van der Waals surface area contributed by atoms with E-state index >= 15 is 0 Å². The molecule has 70 valence electrons. The van der Waals surface area contributed by atoms with Gasteiger partial charge in [-0.05, 0) is 25.1 Å². The lowest BCUT2D eigenvalue weighted by atomic mass is 10.3. The number of halogens is 1. The van der Waals surface area contributed by atoms with Gasteiger partial charge in [-0.3, -0.25) is 0 Å². The number of aliphatic hydroxyl groups is 1. The number of allylic oxidation sites excluding steroid dienone is 2. The molecular weight excluding hydrogens is 174 g/mol. The van der Waals surface area contributed by atoms with Crippen molar-refractivity contribution in [3.63, 3.8) is 0 Å². The van der Waals surface area contributed by atoms with E-state index in [0.717, 1.165) is 25.9 Å². The van der Waals surface area contributed by atoms with Crippen molar-refractivity contribution in [2.45, 2.75) is 12.8 Å². The summed E-state index contributed by atoms with van der Waals surface area (Å²) in [7, 11) is 0. The summed E-state index contributed by atoms with van der Waals surface area (Å²) in [6, 6.07) is 0. The van der Waals surface area contributed by atoms with Crippen LogP contribution < -0.4 is 0 Å². The zero-order valence-corrected chi connectivity index (χ0v) is 7.96. The monoisotopic (exact) mass is 189 g/mol. The Morgan fingerprint density at radius 1 is 1.25 bits per heavy atom. The van der Waals surface area contributed by atoms with Gasteiger partial charge in [0.05, 0.1) is 0 Å². The number of hydrogen-bond donors (Lipinski definition) is 1. The van der Waals surface area contributed by atoms with Crippen LogP contribution in [0.15, 0.2) is 24.4 Å². The van der Waals surface area contributed by atoms with Crippen LogP contribution in [0.3, 0.4) is 0 Å². The molecule has 1 rings (SSSR count). The van der Waals surface area contributed by atoms with Crippen molar-refractivity contribution in [2.24, 2.45) is 0 Å². The van der Waals surface area contributed by atoms with E-state index in [2.05, 4.69) is 23.3 Å². The van der Waals surface area contributed by atoms with Gasteiger partial charge >= 0.3 is 0 Å². The van der Waals surface area contributed by atoms with Crippen LogP contribution in [-0.4, -0.2) is 29.7 Å². The molecule has 1 aliphatic rings. The van der Waals surface area contributed by atoms with E-state index in [1.165, 1.54) is 0 Å². The molecule has 0 aromatic heterocycles. The summed E-state index contributed by atoms with van der Waals surface area (Å²) >= 11 is 0. The third-order valence-corrected chi connectivity index (χ3v) is 1.74. The van der Waals surface area contributed by atoms with Gasteiger partial charge in [0.15, 0.2) is 0 Å². The zero-order valence-electron chi connectivity index (χ0n) is 7.15. The van der Waals surface area contributed by atoms with Crippen molar-refractivity contribution >= 4 is 12.4 Å². The fourth-order valence-corrected chi connectivity index (χ4v) is 1.10. The van der Waals surface area contributed by atoms with Crippen LogP contribution in [0.2, 0.25) is 0 Å². The number of unbranched alkanes of at least 4 members (excludes halogenated alkanes) is 1. The topological polar surface area (TPSA) is 23.5 Å². The lowest BCUT2D eigenvalue weighted by Gasteiger charge is -2.19. The van der Waals surface area contributed by atoms with Gasteiger partial charge in [-0.15, -0.1) is 12.4 Å². The Balaban J connectivity index is 0.00000121. The maximum Gasteiger partial charge on any atom is 0.0431 e. The van der Waals surface area contributed by atoms with E-state index in [4.69, 9.17) is 5.11 Å². The molecule has 0 radical (unpaired) electrons. The van der Waals surface area contributed by atoms with Gasteiger partial charge in [0.25, 0.3) is 0 Å². The average Bonchev–Trinajstić information content (AvgIpc) is 2.07. The highest BCUT2D eigenvalue weighted by atomic mass is 35.5. The summed E-state index contributed by atoms with van der Waals surface area (Å²) in [6.45, 7) is 2.39. The van der Waals surface area contributed by atoms with Crippen LogP contribution in [0.1, 0.15) is 12.8 Å². The fraction of sp³-hybridized carbons (Fsp3) is 0.556. The van der Waals surface area contributed by atoms with Gasteiger partial charge in [-0.25, -0.2) is 0 Å². The molecule has 0 unspecified atom stereocenters. The molecule has 0 aromatic carbocycles. The average molecular weight is 190 g/mol. The van der Waals surface area contributed by atoms with E-state index < -0.39 is 0 Å². The highest BCUT2D eigenvalue weighted by molar-refractivity contribution is 5.85. The largest absolute Gasteiger partial charge is 0.396 e. The third-order valence-electron chi connectivity index (χ3n) is 1.74. The predicted molar refractivity (Wildman–Crippen MR) is 53.4 cm³/mol. The molecule has 0 fully saturated rings. The van der Waals surface area contributed by atoms with Crippen molar-refractivity contribution in [2.75, 3.05) is 19.7 Å². The Labute approximate surface area is 80.0 Å². The lowest BCUT2D eigenvalue weighted by molar-refractivity contribution is 0.274. The first-order valence-electron chi connectivity index (χ1n) is 4.12. The van der Waals surface area contributed by atoms with Crippen molar-refractivity contribution in [3.05, 3.63) is 24.4 Å². The third kappa shape index (κ3) is 4.42. The normalized spacial score (nSPS) is 14.6. The first-order chi connectivity index (χ1) is 5.43. The van der Waals surface area contributed by atoms with Crippen molar-refractivity contribution < 1.29 is 5.11 Å². The molecule has 0 spiro atoms. The number of rotatable bonds is 4. The number of nitrogens with zero attached hydrogens (tertiary/aromatic N) is 1. The van der Waals surface area contributed by atoms with Gasteiger partial charge in [0, 0.05) is 19.7 Å². The minimum Gasteiger partial charge on any atom is -0.396 e. The Morgan fingerprint density at radius 3 is 2.67 bits per heavy atom. The number of aliphatic hydroxyl groups excluding tert-OH is 1.